The molecular formula is C27H22N2O. The highest BCUT2D eigenvalue weighted by Crippen LogP contribution is 2.46. The van der Waals surface area contributed by atoms with E-state index in [9.17, 15) is 0 Å². The molecule has 3 nitrogen and oxygen atoms in total. The van der Waals surface area contributed by atoms with Crippen molar-refractivity contribution in [2.75, 3.05) is 11.9 Å². The predicted octanol–water partition coefficient (Wildman–Crippen LogP) is 7.27. The molecule has 0 bridgehead atoms. The quantitative estimate of drug-likeness (QED) is 0.299. The van der Waals surface area contributed by atoms with Gasteiger partial charge in [-0.2, -0.15) is 0 Å². The molecule has 0 saturated heterocycles. The van der Waals surface area contributed by atoms with Gasteiger partial charge in [0.05, 0.1) is 28.1 Å². The summed E-state index contributed by atoms with van der Waals surface area (Å²) in [6, 6.07) is 28.0. The summed E-state index contributed by atoms with van der Waals surface area (Å²) in [5.74, 6) is 1.76. The van der Waals surface area contributed by atoms with Crippen molar-refractivity contribution in [1.29, 1.82) is 0 Å². The lowest BCUT2D eigenvalue weighted by Crippen LogP contribution is -2.15. The molecule has 0 amide bonds. The fraction of sp³-hybridized carbons (Fsp3) is 0.111. The molecule has 146 valence electrons. The van der Waals surface area contributed by atoms with Crippen molar-refractivity contribution >= 4 is 33.2 Å². The molecule has 0 radical (unpaired) electrons. The summed E-state index contributed by atoms with van der Waals surface area (Å²) in [6.07, 6.45) is 0. The van der Waals surface area contributed by atoms with Gasteiger partial charge in [0, 0.05) is 23.9 Å². The Bertz CT molecular complexity index is 1400. The molecule has 1 aliphatic heterocycles. The Hall–Kier alpha value is -3.72. The monoisotopic (exact) mass is 390 g/mol. The van der Waals surface area contributed by atoms with Crippen molar-refractivity contribution in [2.24, 2.45) is 0 Å². The zero-order chi connectivity index (χ0) is 20.4. The molecule has 0 spiro atoms. The maximum atomic E-state index is 6.29. The molecule has 3 heteroatoms. The summed E-state index contributed by atoms with van der Waals surface area (Å²) in [7, 11) is 2.09. The number of nitrogens with zero attached hydrogens (tertiary/aromatic N) is 2. The predicted molar refractivity (Wildman–Crippen MR) is 125 cm³/mol. The van der Waals surface area contributed by atoms with Gasteiger partial charge in [0.15, 0.2) is 11.5 Å². The van der Waals surface area contributed by atoms with Crippen LogP contribution in [0.3, 0.4) is 0 Å². The third-order valence-electron chi connectivity index (χ3n) is 6.09. The number of fused-ring (bicyclic) bond motifs is 5. The lowest BCUT2D eigenvalue weighted by Gasteiger charge is -2.30. The third kappa shape index (κ3) is 2.38. The summed E-state index contributed by atoms with van der Waals surface area (Å²) in [5, 5.41) is 2.57. The molecule has 1 aromatic heterocycles. The molecule has 2 heterocycles. The zero-order valence-electron chi connectivity index (χ0n) is 17.3. The first-order valence-electron chi connectivity index (χ1n) is 10.3. The molecular weight excluding hydrogens is 368 g/mol. The van der Waals surface area contributed by atoms with Gasteiger partial charge < -0.3 is 14.2 Å². The van der Waals surface area contributed by atoms with E-state index in [2.05, 4.69) is 91.0 Å². The molecule has 0 unspecified atom stereocenters. The Balaban J connectivity index is 1.61. The van der Waals surface area contributed by atoms with E-state index in [1.165, 1.54) is 32.9 Å². The Kier molecular flexibility index (Phi) is 3.51. The number of hydrogen-bond acceptors (Lipinski definition) is 2. The van der Waals surface area contributed by atoms with Crippen LogP contribution in [0.25, 0.3) is 27.5 Å². The topological polar surface area (TPSA) is 17.4 Å². The van der Waals surface area contributed by atoms with E-state index in [0.717, 1.165) is 28.6 Å². The minimum atomic E-state index is 0.878. The average molecular weight is 390 g/mol. The van der Waals surface area contributed by atoms with Crippen LogP contribution in [0, 0.1) is 13.8 Å². The van der Waals surface area contributed by atoms with Gasteiger partial charge in [0.25, 0.3) is 0 Å². The number of ether oxygens (including phenoxy) is 1. The molecule has 4 aromatic carbocycles. The van der Waals surface area contributed by atoms with Gasteiger partial charge in [0.2, 0.25) is 0 Å². The fourth-order valence-electron chi connectivity index (χ4n) is 4.60. The molecule has 0 aliphatic carbocycles. The largest absolute Gasteiger partial charge is 0.453 e. The number of aryl methyl sites for hydroxylation is 2. The number of rotatable bonds is 1. The maximum absolute atomic E-state index is 6.29. The van der Waals surface area contributed by atoms with Gasteiger partial charge in [-0.05, 0) is 62.4 Å². The van der Waals surface area contributed by atoms with E-state index >= 15 is 0 Å². The van der Waals surface area contributed by atoms with Crippen LogP contribution in [-0.2, 0) is 0 Å². The van der Waals surface area contributed by atoms with Crippen molar-refractivity contribution in [3.63, 3.8) is 0 Å². The highest BCUT2D eigenvalue weighted by atomic mass is 16.5. The van der Waals surface area contributed by atoms with Crippen LogP contribution in [0.15, 0.2) is 78.9 Å². The Labute approximate surface area is 175 Å². The third-order valence-corrected chi connectivity index (χ3v) is 6.09. The fourth-order valence-corrected chi connectivity index (χ4v) is 4.60. The number of aromatic nitrogens is 1. The summed E-state index contributed by atoms with van der Waals surface area (Å²) < 4.78 is 8.63. The van der Waals surface area contributed by atoms with Gasteiger partial charge in [-0.1, -0.05) is 35.4 Å². The van der Waals surface area contributed by atoms with E-state index in [1.807, 2.05) is 18.2 Å². The van der Waals surface area contributed by atoms with Crippen LogP contribution in [-0.4, -0.2) is 11.6 Å². The molecule has 30 heavy (non-hydrogen) atoms. The molecule has 5 aromatic rings. The van der Waals surface area contributed by atoms with E-state index in [-0.39, 0.29) is 0 Å². The first-order chi connectivity index (χ1) is 14.6. The lowest BCUT2D eigenvalue weighted by atomic mass is 10.1. The van der Waals surface area contributed by atoms with Crippen molar-refractivity contribution in [3.8, 4) is 17.2 Å². The number of hydrogen-bond donors (Lipinski definition) is 0. The van der Waals surface area contributed by atoms with Gasteiger partial charge >= 0.3 is 0 Å². The summed E-state index contributed by atoms with van der Waals surface area (Å²) >= 11 is 0. The lowest BCUT2D eigenvalue weighted by molar-refractivity contribution is 0.475. The second-order valence-electron chi connectivity index (χ2n) is 8.16. The highest BCUT2D eigenvalue weighted by Gasteiger charge is 2.22. The minimum Gasteiger partial charge on any atom is -0.453 e. The SMILES string of the molecule is Cc1ccc2c(c1)c1cc(C)ccc1n2-c1ccc2c(c1)Oc1ccccc1N2C. The number of benzene rings is 4. The van der Waals surface area contributed by atoms with E-state index < -0.39 is 0 Å². The van der Waals surface area contributed by atoms with Crippen molar-refractivity contribution in [3.05, 3.63) is 90.0 Å². The molecule has 0 atom stereocenters. The number of para-hydroxylation sites is 2. The van der Waals surface area contributed by atoms with Crippen LogP contribution in [0.1, 0.15) is 11.1 Å². The van der Waals surface area contributed by atoms with Crippen LogP contribution in [0.2, 0.25) is 0 Å². The van der Waals surface area contributed by atoms with Crippen LogP contribution >= 0.6 is 0 Å². The Morgan fingerprint density at radius 3 is 1.97 bits per heavy atom. The molecule has 0 fully saturated rings. The first kappa shape index (κ1) is 17.2. The number of anilines is 2. The average Bonchev–Trinajstić information content (AvgIpc) is 3.06. The van der Waals surface area contributed by atoms with Gasteiger partial charge in [-0.3, -0.25) is 0 Å². The molecule has 6 rings (SSSR count). The van der Waals surface area contributed by atoms with E-state index in [1.54, 1.807) is 0 Å². The minimum absolute atomic E-state index is 0.878. The summed E-state index contributed by atoms with van der Waals surface area (Å²) in [5.41, 5.74) is 8.24. The zero-order valence-corrected chi connectivity index (χ0v) is 17.3. The second kappa shape index (κ2) is 6.14. The second-order valence-corrected chi connectivity index (χ2v) is 8.16. The molecule has 0 saturated carbocycles. The van der Waals surface area contributed by atoms with Crippen molar-refractivity contribution < 1.29 is 4.74 Å². The molecule has 0 N–H and O–H groups in total. The van der Waals surface area contributed by atoms with Crippen LogP contribution in [0.4, 0.5) is 11.4 Å². The van der Waals surface area contributed by atoms with E-state index in [4.69, 9.17) is 4.74 Å². The van der Waals surface area contributed by atoms with Crippen molar-refractivity contribution in [1.82, 2.24) is 4.57 Å². The normalized spacial score (nSPS) is 12.7. The van der Waals surface area contributed by atoms with Gasteiger partial charge in [-0.25, -0.2) is 0 Å². The van der Waals surface area contributed by atoms with Crippen LogP contribution in [0.5, 0.6) is 11.5 Å². The van der Waals surface area contributed by atoms with Crippen molar-refractivity contribution in [2.45, 2.75) is 13.8 Å². The highest BCUT2D eigenvalue weighted by molar-refractivity contribution is 6.09. The van der Waals surface area contributed by atoms with E-state index in [0.29, 0.717) is 0 Å². The smallest absolute Gasteiger partial charge is 0.153 e. The summed E-state index contributed by atoms with van der Waals surface area (Å²) in [6.45, 7) is 4.30. The van der Waals surface area contributed by atoms with Gasteiger partial charge in [-0.15, -0.1) is 0 Å². The molecule has 1 aliphatic rings. The maximum Gasteiger partial charge on any atom is 0.153 e. The first-order valence-corrected chi connectivity index (χ1v) is 10.3. The Morgan fingerprint density at radius 2 is 1.27 bits per heavy atom. The Morgan fingerprint density at radius 1 is 0.633 bits per heavy atom. The van der Waals surface area contributed by atoms with Crippen LogP contribution < -0.4 is 9.64 Å². The standard InChI is InChI=1S/C27H22N2O/c1-17-8-11-22-20(14-17)21-15-18(2)9-12-23(21)29(22)19-10-13-25-27(16-19)30-26-7-5-4-6-24(26)28(25)3/h4-16H,1-3H3. The summed E-state index contributed by atoms with van der Waals surface area (Å²) in [4.78, 5) is 2.19. The van der Waals surface area contributed by atoms with Gasteiger partial charge in [0.1, 0.15) is 0 Å².